The van der Waals surface area contributed by atoms with Gasteiger partial charge in [0.1, 0.15) is 0 Å². The first-order chi connectivity index (χ1) is 16.6. The molecule has 0 aromatic rings. The Bertz CT molecular complexity index is 637. The monoisotopic (exact) mass is 665 g/mol. The van der Waals surface area contributed by atoms with E-state index in [1.807, 2.05) is 0 Å². The van der Waals surface area contributed by atoms with Crippen LogP contribution in [-0.2, 0) is 33.4 Å². The van der Waals surface area contributed by atoms with Crippen LogP contribution in [0.5, 0.6) is 0 Å². The predicted octanol–water partition coefficient (Wildman–Crippen LogP) is -3.33. The largest absolute Gasteiger partial charge is 0.480 e. The minimum absolute atomic E-state index is 0. The molecule has 0 radical (unpaired) electrons. The van der Waals surface area contributed by atoms with Crippen LogP contribution in [0.2, 0.25) is 0 Å². The summed E-state index contributed by atoms with van der Waals surface area (Å²) in [6, 6.07) is 0. The fourth-order valence-corrected chi connectivity index (χ4v) is 2.94. The normalized spacial score (nSPS) is 10.8. The zero-order chi connectivity index (χ0) is 26.6. The third-order valence-electron chi connectivity index (χ3n) is 4.53. The molecule has 15 nitrogen and oxygen atoms in total. The number of methoxy groups -OCH3 is 2. The van der Waals surface area contributed by atoms with Crippen molar-refractivity contribution in [3.8, 4) is 0 Å². The Morgan fingerprint density at radius 3 is 1.19 bits per heavy atom. The van der Waals surface area contributed by atoms with Gasteiger partial charge < -0.3 is 35.4 Å². The summed E-state index contributed by atoms with van der Waals surface area (Å²) < 4.78 is 9.68. The number of rotatable bonds is 22. The van der Waals surface area contributed by atoms with Crippen LogP contribution in [0.15, 0.2) is 0 Å². The molecule has 0 unspecified atom stereocenters. The molecule has 210 valence electrons. The SMILES string of the molecule is COCCNC(=O)CN(CCN(CCN(CC(=O)O)CC(=O)NCCOC)CC(=O)O)CC(=O)O.[Gd]. The smallest absolute Gasteiger partial charge is 0.317 e. The first-order valence-corrected chi connectivity index (χ1v) is 10.9. The van der Waals surface area contributed by atoms with E-state index < -0.39 is 42.8 Å². The number of nitrogens with zero attached hydrogens (tertiary/aromatic N) is 3. The molecule has 0 aliphatic carbocycles. The number of carboxylic acid groups (broad SMARTS) is 3. The number of nitrogens with one attached hydrogen (secondary N) is 2. The molecule has 0 fully saturated rings. The fraction of sp³-hybridized carbons (Fsp3) is 0.750. The van der Waals surface area contributed by atoms with Gasteiger partial charge in [-0.3, -0.25) is 38.7 Å². The van der Waals surface area contributed by atoms with Crippen LogP contribution in [0.3, 0.4) is 0 Å². The molecule has 0 aliphatic heterocycles. The minimum Gasteiger partial charge on any atom is -0.480 e. The third-order valence-corrected chi connectivity index (χ3v) is 4.53. The van der Waals surface area contributed by atoms with Gasteiger partial charge >= 0.3 is 17.9 Å². The Hall–Kier alpha value is -1.53. The van der Waals surface area contributed by atoms with Gasteiger partial charge in [-0.2, -0.15) is 0 Å². The number of hydrogen-bond acceptors (Lipinski definition) is 10. The molecule has 16 heteroatoms. The number of ether oxygens (including phenoxy) is 2. The Morgan fingerprint density at radius 2 is 0.889 bits per heavy atom. The minimum atomic E-state index is -1.15. The van der Waals surface area contributed by atoms with Crippen LogP contribution in [0.1, 0.15) is 0 Å². The zero-order valence-corrected chi connectivity index (χ0v) is 22.9. The molecule has 0 spiro atoms. The first kappa shape index (κ1) is 36.6. The van der Waals surface area contributed by atoms with Gasteiger partial charge in [-0.1, -0.05) is 0 Å². The van der Waals surface area contributed by atoms with Crippen molar-refractivity contribution in [3.63, 3.8) is 0 Å². The van der Waals surface area contributed by atoms with Crippen molar-refractivity contribution in [1.82, 2.24) is 25.3 Å². The summed E-state index contributed by atoms with van der Waals surface area (Å²) in [5, 5.41) is 32.7. The molecule has 36 heavy (non-hydrogen) atoms. The topological polar surface area (TPSA) is 198 Å². The summed E-state index contributed by atoms with van der Waals surface area (Å²) in [6.07, 6.45) is 0. The van der Waals surface area contributed by atoms with E-state index in [-0.39, 0.29) is 98.8 Å². The number of carboxylic acids is 3. The number of carbonyl (C=O) groups excluding carboxylic acids is 2. The maximum atomic E-state index is 12.0. The van der Waals surface area contributed by atoms with Crippen molar-refractivity contribution >= 4 is 29.7 Å². The van der Waals surface area contributed by atoms with Gasteiger partial charge in [0.25, 0.3) is 0 Å². The molecule has 0 aromatic carbocycles. The van der Waals surface area contributed by atoms with E-state index in [0.717, 1.165) is 0 Å². The van der Waals surface area contributed by atoms with Crippen LogP contribution in [0, 0.1) is 39.9 Å². The maximum absolute atomic E-state index is 12.0. The van der Waals surface area contributed by atoms with E-state index in [0.29, 0.717) is 13.2 Å². The van der Waals surface area contributed by atoms with Gasteiger partial charge in [0.15, 0.2) is 0 Å². The van der Waals surface area contributed by atoms with E-state index in [9.17, 15) is 29.1 Å². The van der Waals surface area contributed by atoms with E-state index in [2.05, 4.69) is 10.6 Å². The van der Waals surface area contributed by atoms with Crippen molar-refractivity contribution < 1.29 is 88.7 Å². The maximum Gasteiger partial charge on any atom is 0.317 e. The quantitative estimate of drug-likeness (QED) is 0.0722. The molecule has 0 atom stereocenters. The van der Waals surface area contributed by atoms with E-state index in [1.54, 1.807) is 0 Å². The summed E-state index contributed by atoms with van der Waals surface area (Å²) in [4.78, 5) is 61.9. The average Bonchev–Trinajstić information content (AvgIpc) is 2.74. The summed E-state index contributed by atoms with van der Waals surface area (Å²) in [5.41, 5.74) is 0. The van der Waals surface area contributed by atoms with Gasteiger partial charge in [0, 0.05) is 93.4 Å². The molecule has 0 rings (SSSR count). The van der Waals surface area contributed by atoms with Crippen molar-refractivity contribution in [2.24, 2.45) is 0 Å². The molecule has 0 aliphatic rings. The Morgan fingerprint density at radius 1 is 0.583 bits per heavy atom. The molecular formula is C20H37GdN5O10. The van der Waals surface area contributed by atoms with Crippen LogP contribution >= 0.6 is 0 Å². The molecule has 0 aromatic heterocycles. The second-order valence-corrected chi connectivity index (χ2v) is 7.56. The molecule has 5 N–H and O–H groups in total. The van der Waals surface area contributed by atoms with E-state index in [1.165, 1.54) is 28.9 Å². The fourth-order valence-electron chi connectivity index (χ4n) is 2.94. The molecular weight excluding hydrogens is 627 g/mol. The summed E-state index contributed by atoms with van der Waals surface area (Å²) in [7, 11) is 2.96. The van der Waals surface area contributed by atoms with Gasteiger partial charge in [0.2, 0.25) is 11.8 Å². The Balaban J connectivity index is 0. The molecule has 0 saturated heterocycles. The second kappa shape index (κ2) is 22.7. The van der Waals surface area contributed by atoms with Crippen molar-refractivity contribution in [2.45, 2.75) is 0 Å². The van der Waals surface area contributed by atoms with Crippen LogP contribution in [-0.4, -0.2) is 159 Å². The van der Waals surface area contributed by atoms with Crippen molar-refractivity contribution in [3.05, 3.63) is 0 Å². The summed E-state index contributed by atoms with van der Waals surface area (Å²) in [5.74, 6) is -4.23. The van der Waals surface area contributed by atoms with E-state index in [4.69, 9.17) is 19.7 Å². The first-order valence-electron chi connectivity index (χ1n) is 10.9. The van der Waals surface area contributed by atoms with Crippen LogP contribution in [0.25, 0.3) is 0 Å². The predicted molar refractivity (Wildman–Crippen MR) is 122 cm³/mol. The van der Waals surface area contributed by atoms with Gasteiger partial charge in [-0.15, -0.1) is 0 Å². The number of hydrogen-bond donors (Lipinski definition) is 5. The molecule has 0 heterocycles. The van der Waals surface area contributed by atoms with Gasteiger partial charge in [0.05, 0.1) is 45.9 Å². The number of carbonyl (C=O) groups is 5. The standard InChI is InChI=1S/C20H37N5O10.Gd/c1-34-9-3-21-16(26)11-24(14-19(30)31)7-5-23(13-18(28)29)6-8-25(15-20(32)33)12-17(27)22-4-10-35-2;/h3-15H2,1-2H3,(H,21,26)(H,22,27)(H,28,29)(H,30,31)(H,32,33);. The number of amides is 2. The van der Waals surface area contributed by atoms with E-state index >= 15 is 0 Å². The zero-order valence-electron chi connectivity index (χ0n) is 20.6. The Kier molecular flexibility index (Phi) is 23.1. The Labute approximate surface area is 242 Å². The number of aliphatic carboxylic acids is 3. The second-order valence-electron chi connectivity index (χ2n) is 7.56. The molecule has 2 amide bonds. The van der Waals surface area contributed by atoms with Crippen molar-refractivity contribution in [2.75, 3.05) is 99.4 Å². The average molecular weight is 665 g/mol. The van der Waals surface area contributed by atoms with Crippen LogP contribution in [0.4, 0.5) is 0 Å². The van der Waals surface area contributed by atoms with Gasteiger partial charge in [-0.05, 0) is 0 Å². The summed E-state index contributed by atoms with van der Waals surface area (Å²) >= 11 is 0. The van der Waals surface area contributed by atoms with Crippen molar-refractivity contribution in [1.29, 1.82) is 0 Å². The van der Waals surface area contributed by atoms with Crippen LogP contribution < -0.4 is 10.6 Å². The molecule has 0 saturated carbocycles. The summed E-state index contributed by atoms with van der Waals surface area (Å²) in [6.45, 7) is -0.159. The molecule has 0 bridgehead atoms. The van der Waals surface area contributed by atoms with Gasteiger partial charge in [-0.25, -0.2) is 0 Å². The third kappa shape index (κ3) is 21.7.